The third kappa shape index (κ3) is 5.67. The van der Waals surface area contributed by atoms with Gasteiger partial charge in [0.05, 0.1) is 34.7 Å². The summed E-state index contributed by atoms with van der Waals surface area (Å²) in [6.07, 6.45) is 1.63. The van der Waals surface area contributed by atoms with Gasteiger partial charge in [-0.25, -0.2) is 9.78 Å². The molecule has 0 unspecified atom stereocenters. The average Bonchev–Trinajstić information content (AvgIpc) is 3.31. The first kappa shape index (κ1) is 29.4. The van der Waals surface area contributed by atoms with E-state index in [-0.39, 0.29) is 10.5 Å². The first-order chi connectivity index (χ1) is 20.1. The molecule has 1 aromatic heterocycles. The Hall–Kier alpha value is -4.06. The van der Waals surface area contributed by atoms with Crippen LogP contribution in [0.5, 0.6) is 0 Å². The number of carbonyl (C=O) groups excluding carboxylic acids is 1. The first-order valence-corrected chi connectivity index (χ1v) is 15.4. The van der Waals surface area contributed by atoms with Crippen molar-refractivity contribution in [3.8, 4) is 11.1 Å². The van der Waals surface area contributed by atoms with Crippen molar-refractivity contribution in [3.63, 3.8) is 0 Å². The van der Waals surface area contributed by atoms with Crippen LogP contribution in [0.4, 0.5) is 0 Å². The molecule has 1 amide bonds. The highest BCUT2D eigenvalue weighted by Crippen LogP contribution is 2.31. The summed E-state index contributed by atoms with van der Waals surface area (Å²) in [5, 5.41) is 11.1. The zero-order chi connectivity index (χ0) is 30.0. The smallest absolute Gasteiger partial charge is 0.335 e. The molecule has 4 aromatic rings. The molecule has 0 atom stereocenters. The number of aromatic carboxylic acids is 1. The number of carboxylic acids is 1. The fourth-order valence-electron chi connectivity index (χ4n) is 5.41. The second-order valence-corrected chi connectivity index (χ2v) is 12.1. The van der Waals surface area contributed by atoms with Gasteiger partial charge in [-0.15, -0.1) is 0 Å². The van der Waals surface area contributed by atoms with Crippen molar-refractivity contribution in [1.82, 2.24) is 19.0 Å². The summed E-state index contributed by atoms with van der Waals surface area (Å²) in [7, 11) is -4.19. The van der Waals surface area contributed by atoms with E-state index in [4.69, 9.17) is 9.72 Å². The highest BCUT2D eigenvalue weighted by atomic mass is 32.2. The highest BCUT2D eigenvalue weighted by molar-refractivity contribution is 7.89. The summed E-state index contributed by atoms with van der Waals surface area (Å²) >= 11 is 0. The minimum atomic E-state index is -4.19. The van der Waals surface area contributed by atoms with Gasteiger partial charge in [0.1, 0.15) is 5.82 Å². The molecule has 1 saturated heterocycles. The number of hydrogen-bond donors (Lipinski definition) is 1. The van der Waals surface area contributed by atoms with Gasteiger partial charge < -0.3 is 14.4 Å². The number of rotatable bonds is 9. The largest absolute Gasteiger partial charge is 0.478 e. The van der Waals surface area contributed by atoms with E-state index in [0.717, 1.165) is 45.2 Å². The topological polar surface area (TPSA) is 122 Å². The molecule has 0 aliphatic carbocycles. The molecule has 42 heavy (non-hydrogen) atoms. The molecule has 1 aliphatic heterocycles. The Kier molecular flexibility index (Phi) is 8.44. The molecule has 3 aromatic carbocycles. The van der Waals surface area contributed by atoms with E-state index in [2.05, 4.69) is 11.5 Å². The molecule has 220 valence electrons. The number of hydrazine groups is 1. The Balaban J connectivity index is 1.50. The van der Waals surface area contributed by atoms with Crippen LogP contribution in [-0.2, 0) is 32.5 Å². The van der Waals surface area contributed by atoms with Crippen molar-refractivity contribution in [2.45, 2.75) is 45.1 Å². The Morgan fingerprint density at radius 3 is 2.38 bits per heavy atom. The molecule has 10 nitrogen and oxygen atoms in total. The number of benzene rings is 3. The number of carbonyl (C=O) groups is 2. The number of morpholine rings is 1. The van der Waals surface area contributed by atoms with Crippen molar-refractivity contribution < 1.29 is 27.9 Å². The summed E-state index contributed by atoms with van der Waals surface area (Å²) in [5.41, 5.74) is 4.72. The molecule has 1 N–H and O–H groups in total. The van der Waals surface area contributed by atoms with Crippen LogP contribution >= 0.6 is 0 Å². The van der Waals surface area contributed by atoms with E-state index in [1.165, 1.54) is 18.0 Å². The van der Waals surface area contributed by atoms with Gasteiger partial charge in [0.2, 0.25) is 5.91 Å². The van der Waals surface area contributed by atoms with Crippen LogP contribution in [0.1, 0.15) is 47.6 Å². The van der Waals surface area contributed by atoms with Gasteiger partial charge in [-0.3, -0.25) is 4.79 Å². The number of aryl methyl sites for hydroxylation is 2. The van der Waals surface area contributed by atoms with Crippen LogP contribution in [0.2, 0.25) is 0 Å². The molecule has 11 heteroatoms. The molecular formula is C31H34N4O6S. The van der Waals surface area contributed by atoms with Crippen LogP contribution in [0.25, 0.3) is 22.2 Å². The zero-order valence-electron chi connectivity index (χ0n) is 23.9. The second-order valence-electron chi connectivity index (χ2n) is 10.4. The zero-order valence-corrected chi connectivity index (χ0v) is 24.7. The Labute approximate surface area is 245 Å². The van der Waals surface area contributed by atoms with Gasteiger partial charge in [0.25, 0.3) is 10.0 Å². The summed E-state index contributed by atoms with van der Waals surface area (Å²) in [4.78, 5) is 29.2. The van der Waals surface area contributed by atoms with Gasteiger partial charge in [-0.05, 0) is 48.2 Å². The van der Waals surface area contributed by atoms with E-state index in [1.807, 2.05) is 31.2 Å². The first-order valence-electron chi connectivity index (χ1n) is 13.9. The van der Waals surface area contributed by atoms with Crippen LogP contribution in [-0.4, -0.2) is 70.7 Å². The fraction of sp³-hybridized carbons (Fsp3) is 0.323. The summed E-state index contributed by atoms with van der Waals surface area (Å²) in [5.74, 6) is -0.690. The van der Waals surface area contributed by atoms with E-state index in [0.29, 0.717) is 44.0 Å². The molecule has 0 saturated carbocycles. The predicted molar refractivity (Wildman–Crippen MR) is 159 cm³/mol. The van der Waals surface area contributed by atoms with Crippen molar-refractivity contribution in [3.05, 3.63) is 83.2 Å². The number of nitrogens with zero attached hydrogens (tertiary/aromatic N) is 4. The lowest BCUT2D eigenvalue weighted by atomic mass is 10.0. The van der Waals surface area contributed by atoms with E-state index in [9.17, 15) is 23.1 Å². The van der Waals surface area contributed by atoms with Gasteiger partial charge in [0.15, 0.2) is 0 Å². The quantitative estimate of drug-likeness (QED) is 0.303. The number of hydrogen-bond acceptors (Lipinski definition) is 7. The number of imidazole rings is 1. The fourth-order valence-corrected chi connectivity index (χ4v) is 7.11. The average molecular weight is 591 g/mol. The molecule has 1 aliphatic rings. The third-order valence-electron chi connectivity index (χ3n) is 7.36. The maximum Gasteiger partial charge on any atom is 0.335 e. The third-order valence-corrected chi connectivity index (χ3v) is 9.21. The molecule has 1 fully saturated rings. The molecule has 0 radical (unpaired) electrons. The van der Waals surface area contributed by atoms with Gasteiger partial charge in [0, 0.05) is 38.5 Å². The molecule has 0 spiro atoms. The number of aromatic nitrogens is 2. The van der Waals surface area contributed by atoms with E-state index >= 15 is 0 Å². The maximum absolute atomic E-state index is 13.8. The molecule has 2 heterocycles. The number of ether oxygens (including phenoxy) is 1. The monoisotopic (exact) mass is 590 g/mol. The number of sulfonamides is 1. The lowest BCUT2D eigenvalue weighted by Crippen LogP contribution is -2.53. The van der Waals surface area contributed by atoms with Crippen molar-refractivity contribution in [2.75, 3.05) is 26.3 Å². The lowest BCUT2D eigenvalue weighted by molar-refractivity contribution is -0.139. The normalized spacial score (nSPS) is 14.3. The Morgan fingerprint density at radius 1 is 1.05 bits per heavy atom. The van der Waals surface area contributed by atoms with E-state index < -0.39 is 21.9 Å². The summed E-state index contributed by atoms with van der Waals surface area (Å²) in [6, 6.07) is 17.6. The van der Waals surface area contributed by atoms with Crippen molar-refractivity contribution in [1.29, 1.82) is 0 Å². The van der Waals surface area contributed by atoms with Crippen molar-refractivity contribution in [2.24, 2.45) is 0 Å². The number of amides is 1. The molecule has 0 bridgehead atoms. The number of fused-ring (bicyclic) bond motifs is 1. The minimum Gasteiger partial charge on any atom is -0.478 e. The highest BCUT2D eigenvalue weighted by Gasteiger charge is 2.35. The van der Waals surface area contributed by atoms with Gasteiger partial charge in [-0.2, -0.15) is 17.8 Å². The Bertz CT molecular complexity index is 1740. The minimum absolute atomic E-state index is 0.0435. The van der Waals surface area contributed by atoms with Crippen LogP contribution in [0.3, 0.4) is 0 Å². The maximum atomic E-state index is 13.8. The predicted octanol–water partition coefficient (Wildman–Crippen LogP) is 4.50. The molecular weight excluding hydrogens is 556 g/mol. The van der Waals surface area contributed by atoms with Gasteiger partial charge >= 0.3 is 5.97 Å². The standard InChI is InChI=1S/C31H34N4O6S/c1-4-7-29-32-30-21(2)18-25(31(37)38)19-27(30)34(29)20-23-10-12-24(13-11-23)26-8-5-6-9-28(26)42(39,40)35(22(3)36)33-14-16-41-17-15-33/h5-6,8-13,18-19H,4,7,14-17,20H2,1-3H3,(H,37,38). The lowest BCUT2D eigenvalue weighted by Gasteiger charge is -2.35. The van der Waals surface area contributed by atoms with Crippen LogP contribution in [0, 0.1) is 6.92 Å². The second kappa shape index (κ2) is 12.0. The Morgan fingerprint density at radius 2 is 1.74 bits per heavy atom. The van der Waals surface area contributed by atoms with Crippen LogP contribution < -0.4 is 0 Å². The SMILES string of the molecule is CCCc1nc2c(C)cc(C(=O)O)cc2n1Cc1ccc(-c2ccccc2S(=O)(=O)N(C(C)=O)N2CCOCC2)cc1. The molecule has 5 rings (SSSR count). The van der Waals surface area contributed by atoms with Crippen molar-refractivity contribution >= 4 is 32.9 Å². The number of carboxylic acid groups (broad SMARTS) is 1. The summed E-state index contributed by atoms with van der Waals surface area (Å²) < 4.78 is 35.9. The van der Waals surface area contributed by atoms with Crippen LogP contribution in [0.15, 0.2) is 65.6 Å². The van der Waals surface area contributed by atoms with Gasteiger partial charge in [-0.1, -0.05) is 49.4 Å². The van der Waals surface area contributed by atoms with E-state index in [1.54, 1.807) is 30.3 Å². The summed E-state index contributed by atoms with van der Waals surface area (Å²) in [6.45, 7) is 6.94.